The van der Waals surface area contributed by atoms with Crippen molar-refractivity contribution in [3.05, 3.63) is 71.4 Å². The lowest BCUT2D eigenvalue weighted by molar-refractivity contribution is -0.118. The van der Waals surface area contributed by atoms with Gasteiger partial charge in [-0.3, -0.25) is 9.48 Å². The summed E-state index contributed by atoms with van der Waals surface area (Å²) in [6, 6.07) is 16.5. The molecule has 0 saturated carbocycles. The number of fused-ring (bicyclic) bond motifs is 3. The third kappa shape index (κ3) is 5.32. The number of aryl methyl sites for hydroxylation is 1. The number of hydrogen-bond acceptors (Lipinski definition) is 6. The molecule has 0 fully saturated rings. The van der Waals surface area contributed by atoms with E-state index in [0.717, 1.165) is 22.3 Å². The van der Waals surface area contributed by atoms with Crippen LogP contribution in [0.2, 0.25) is 0 Å². The van der Waals surface area contributed by atoms with E-state index >= 15 is 0 Å². The number of rotatable bonds is 9. The van der Waals surface area contributed by atoms with Gasteiger partial charge in [0.15, 0.2) is 5.69 Å². The second-order valence-corrected chi connectivity index (χ2v) is 9.12. The topological polar surface area (TPSA) is 123 Å². The molecule has 4 rings (SSSR count). The maximum atomic E-state index is 12.9. The lowest BCUT2D eigenvalue weighted by Crippen LogP contribution is -2.44. The zero-order chi connectivity index (χ0) is 24.9. The molecule has 2 amide bonds. The van der Waals surface area contributed by atoms with Crippen LogP contribution in [0.4, 0.5) is 10.6 Å². The first-order valence-electron chi connectivity index (χ1n) is 11.1. The minimum Gasteiger partial charge on any atom is -0.476 e. The van der Waals surface area contributed by atoms with Gasteiger partial charge in [0.25, 0.3) is 0 Å². The summed E-state index contributed by atoms with van der Waals surface area (Å²) in [6.45, 7) is 0.139. The quantitative estimate of drug-likeness (QED) is 0.414. The largest absolute Gasteiger partial charge is 0.476 e. The van der Waals surface area contributed by atoms with Crippen molar-refractivity contribution in [2.45, 2.75) is 18.4 Å². The normalized spacial score (nSPS) is 13.0. The van der Waals surface area contributed by atoms with Crippen molar-refractivity contribution in [2.24, 2.45) is 7.05 Å². The molecular formula is C25H26N4O5S. The van der Waals surface area contributed by atoms with E-state index < -0.39 is 24.0 Å². The molecule has 0 spiro atoms. The molecular weight excluding hydrogens is 468 g/mol. The Balaban J connectivity index is 1.42. The molecule has 3 aromatic rings. The monoisotopic (exact) mass is 494 g/mol. The lowest BCUT2D eigenvalue weighted by atomic mass is 9.98. The smallest absolute Gasteiger partial charge is 0.407 e. The molecule has 3 N–H and O–H groups in total. The standard InChI is InChI=1S/C25H26N4O5S/c1-29-22(13-21(28-29)24(31)32)27-23(30)20(11-12-35-2)26-25(33)34-14-19-17-9-5-3-7-15(17)16-8-4-6-10-18(16)19/h3-10,13,19-20H,11-12,14H2,1-2H3,(H,26,33)(H,27,30)(H,31,32)/t20-/m0/s1. The van der Waals surface area contributed by atoms with Gasteiger partial charge in [0.2, 0.25) is 5.91 Å². The van der Waals surface area contributed by atoms with Crippen LogP contribution in [0.5, 0.6) is 0 Å². The number of ether oxygens (including phenoxy) is 1. The predicted octanol–water partition coefficient (Wildman–Crippen LogP) is 3.72. The van der Waals surface area contributed by atoms with E-state index in [4.69, 9.17) is 9.84 Å². The fourth-order valence-electron chi connectivity index (χ4n) is 4.19. The van der Waals surface area contributed by atoms with Crippen LogP contribution in [-0.4, -0.2) is 57.5 Å². The van der Waals surface area contributed by atoms with Crippen molar-refractivity contribution >= 4 is 35.5 Å². The van der Waals surface area contributed by atoms with Crippen LogP contribution in [0.15, 0.2) is 54.6 Å². The number of thioether (sulfide) groups is 1. The number of aromatic nitrogens is 2. The number of anilines is 1. The fraction of sp³-hybridized carbons (Fsp3) is 0.280. The summed E-state index contributed by atoms with van der Waals surface area (Å²) in [4.78, 5) is 36.7. The molecule has 0 unspecified atom stereocenters. The first-order valence-corrected chi connectivity index (χ1v) is 12.5. The average molecular weight is 495 g/mol. The Morgan fingerprint density at radius 1 is 1.11 bits per heavy atom. The van der Waals surface area contributed by atoms with Crippen molar-refractivity contribution in [3.8, 4) is 11.1 Å². The number of benzene rings is 2. The number of carboxylic acid groups (broad SMARTS) is 1. The molecule has 0 bridgehead atoms. The van der Waals surface area contributed by atoms with Crippen LogP contribution in [0.25, 0.3) is 11.1 Å². The summed E-state index contributed by atoms with van der Waals surface area (Å²) >= 11 is 1.54. The Kier molecular flexibility index (Phi) is 7.40. The van der Waals surface area contributed by atoms with Crippen LogP contribution < -0.4 is 10.6 Å². The highest BCUT2D eigenvalue weighted by Gasteiger charge is 2.30. The van der Waals surface area contributed by atoms with Crippen LogP contribution in [-0.2, 0) is 16.6 Å². The molecule has 0 saturated heterocycles. The Morgan fingerprint density at radius 2 is 1.74 bits per heavy atom. The Labute approximate surface area is 206 Å². The molecule has 1 aromatic heterocycles. The van der Waals surface area contributed by atoms with E-state index in [1.54, 1.807) is 11.8 Å². The molecule has 0 aliphatic heterocycles. The van der Waals surface area contributed by atoms with Gasteiger partial charge in [0.1, 0.15) is 18.5 Å². The highest BCUT2D eigenvalue weighted by atomic mass is 32.2. The van der Waals surface area contributed by atoms with Gasteiger partial charge in [-0.25, -0.2) is 9.59 Å². The first-order chi connectivity index (χ1) is 16.9. The number of nitrogens with one attached hydrogen (secondary N) is 2. The van der Waals surface area contributed by atoms with Crippen LogP contribution in [0, 0.1) is 0 Å². The second kappa shape index (κ2) is 10.6. The number of carbonyl (C=O) groups is 3. The highest BCUT2D eigenvalue weighted by Crippen LogP contribution is 2.44. The predicted molar refractivity (Wildman–Crippen MR) is 134 cm³/mol. The molecule has 0 radical (unpaired) electrons. The van der Waals surface area contributed by atoms with Gasteiger partial charge < -0.3 is 20.5 Å². The first kappa shape index (κ1) is 24.3. The number of alkyl carbamates (subject to hydrolysis) is 1. The summed E-state index contributed by atoms with van der Waals surface area (Å²) in [6.07, 6.45) is 1.59. The third-order valence-electron chi connectivity index (χ3n) is 5.91. The van der Waals surface area contributed by atoms with Crippen molar-refractivity contribution in [1.82, 2.24) is 15.1 Å². The average Bonchev–Trinajstić information content (AvgIpc) is 3.38. The lowest BCUT2D eigenvalue weighted by Gasteiger charge is -2.19. The summed E-state index contributed by atoms with van der Waals surface area (Å²) in [5.41, 5.74) is 4.28. The van der Waals surface area contributed by atoms with E-state index in [2.05, 4.69) is 27.9 Å². The van der Waals surface area contributed by atoms with E-state index in [9.17, 15) is 14.4 Å². The Morgan fingerprint density at radius 3 is 2.31 bits per heavy atom. The summed E-state index contributed by atoms with van der Waals surface area (Å²) in [5, 5.41) is 18.3. The second-order valence-electron chi connectivity index (χ2n) is 8.14. The Bertz CT molecular complexity index is 1210. The number of nitrogens with zero attached hydrogens (tertiary/aromatic N) is 2. The fourth-order valence-corrected chi connectivity index (χ4v) is 4.66. The van der Waals surface area contributed by atoms with Crippen molar-refractivity contribution in [2.75, 3.05) is 23.9 Å². The van der Waals surface area contributed by atoms with Gasteiger partial charge in [-0.05, 0) is 40.7 Å². The maximum absolute atomic E-state index is 12.9. The third-order valence-corrected chi connectivity index (χ3v) is 6.56. The molecule has 2 aromatic carbocycles. The van der Waals surface area contributed by atoms with Gasteiger partial charge >= 0.3 is 12.1 Å². The molecule has 10 heteroatoms. The number of amides is 2. The molecule has 1 aliphatic carbocycles. The number of hydrogen-bond donors (Lipinski definition) is 3. The molecule has 1 aliphatic rings. The van der Waals surface area contributed by atoms with E-state index in [1.807, 2.05) is 42.7 Å². The molecule has 1 atom stereocenters. The molecule has 35 heavy (non-hydrogen) atoms. The zero-order valence-electron chi connectivity index (χ0n) is 19.4. The van der Waals surface area contributed by atoms with Crippen LogP contribution >= 0.6 is 11.8 Å². The van der Waals surface area contributed by atoms with Gasteiger partial charge in [-0.15, -0.1) is 0 Å². The van der Waals surface area contributed by atoms with Gasteiger partial charge in [0.05, 0.1) is 0 Å². The zero-order valence-corrected chi connectivity index (χ0v) is 20.2. The van der Waals surface area contributed by atoms with Crippen molar-refractivity contribution < 1.29 is 24.2 Å². The molecule has 1 heterocycles. The SMILES string of the molecule is CSCC[C@H](NC(=O)OCC1c2ccccc2-c2ccccc21)C(=O)Nc1cc(C(=O)O)nn1C. The van der Waals surface area contributed by atoms with Crippen molar-refractivity contribution in [1.29, 1.82) is 0 Å². The van der Waals surface area contributed by atoms with E-state index in [0.29, 0.717) is 12.2 Å². The highest BCUT2D eigenvalue weighted by molar-refractivity contribution is 7.98. The van der Waals surface area contributed by atoms with E-state index in [-0.39, 0.29) is 24.0 Å². The minimum atomic E-state index is -1.20. The summed E-state index contributed by atoms with van der Waals surface area (Å²) in [7, 11) is 1.53. The van der Waals surface area contributed by atoms with Crippen LogP contribution in [0.3, 0.4) is 0 Å². The minimum absolute atomic E-state index is 0.0875. The van der Waals surface area contributed by atoms with Gasteiger partial charge in [-0.1, -0.05) is 48.5 Å². The molecule has 182 valence electrons. The van der Waals surface area contributed by atoms with Gasteiger partial charge in [0, 0.05) is 19.0 Å². The maximum Gasteiger partial charge on any atom is 0.407 e. The summed E-state index contributed by atoms with van der Waals surface area (Å²) in [5.74, 6) is -0.913. The van der Waals surface area contributed by atoms with Crippen LogP contribution in [0.1, 0.15) is 34.0 Å². The number of carboxylic acids is 1. The number of carbonyl (C=O) groups excluding carboxylic acids is 2. The van der Waals surface area contributed by atoms with Gasteiger partial charge in [-0.2, -0.15) is 16.9 Å². The molecule has 9 nitrogen and oxygen atoms in total. The number of aromatic carboxylic acids is 1. The van der Waals surface area contributed by atoms with E-state index in [1.165, 1.54) is 17.8 Å². The summed E-state index contributed by atoms with van der Waals surface area (Å²) < 4.78 is 6.84. The van der Waals surface area contributed by atoms with Crippen molar-refractivity contribution in [3.63, 3.8) is 0 Å². The Hall–Kier alpha value is -3.79.